The zero-order valence-electron chi connectivity index (χ0n) is 7.55. The van der Waals surface area contributed by atoms with Gasteiger partial charge in [-0.3, -0.25) is 0 Å². The highest BCUT2D eigenvalue weighted by atomic mass is 16.5. The number of hydrogen-bond acceptors (Lipinski definition) is 2. The van der Waals surface area contributed by atoms with Gasteiger partial charge in [0.25, 0.3) is 0 Å². The van der Waals surface area contributed by atoms with Crippen molar-refractivity contribution in [3.63, 3.8) is 0 Å². The molecule has 2 nitrogen and oxygen atoms in total. The average molecular weight is 168 g/mol. The molecule has 0 radical (unpaired) electrons. The van der Waals surface area contributed by atoms with Crippen LogP contribution < -0.4 is 0 Å². The van der Waals surface area contributed by atoms with Crippen LogP contribution in [0.1, 0.15) is 32.6 Å². The first-order chi connectivity index (χ1) is 5.83. The minimum absolute atomic E-state index is 0.277. The van der Waals surface area contributed by atoms with Crippen LogP contribution in [0.25, 0.3) is 0 Å². The lowest BCUT2D eigenvalue weighted by Crippen LogP contribution is -2.16. The van der Waals surface area contributed by atoms with E-state index in [1.807, 2.05) is 0 Å². The molecular weight excluding hydrogens is 152 g/mol. The fraction of sp³-hybridized carbons (Fsp3) is 0.800. The molecule has 1 saturated heterocycles. The molecule has 12 heavy (non-hydrogen) atoms. The number of hydrogen-bond donors (Lipinski definition) is 1. The second kappa shape index (κ2) is 5.18. The van der Waals surface area contributed by atoms with Gasteiger partial charge in [0.1, 0.15) is 0 Å². The monoisotopic (exact) mass is 168 g/mol. The van der Waals surface area contributed by atoms with E-state index >= 15 is 0 Å². The second-order valence-corrected chi connectivity index (χ2v) is 3.16. The summed E-state index contributed by atoms with van der Waals surface area (Å²) < 4.78 is 5.40. The maximum absolute atomic E-state index is 9.46. The largest absolute Gasteiger partial charge is 0.392 e. The predicted molar refractivity (Wildman–Crippen MR) is 47.7 cm³/mol. The Morgan fingerprint density at radius 3 is 3.08 bits per heavy atom. The van der Waals surface area contributed by atoms with Crippen LogP contribution in [0.3, 0.4) is 0 Å². The Labute approximate surface area is 73.9 Å². The van der Waals surface area contributed by atoms with Crippen molar-refractivity contribution in [1.82, 2.24) is 0 Å². The number of ether oxygens (including phenoxy) is 1. The van der Waals surface area contributed by atoms with Gasteiger partial charge in [-0.25, -0.2) is 0 Å². The van der Waals surface area contributed by atoms with Crippen molar-refractivity contribution in [2.24, 2.45) is 0 Å². The van der Waals surface area contributed by atoms with Gasteiger partial charge in [-0.15, -0.1) is 11.8 Å². The Morgan fingerprint density at radius 2 is 2.50 bits per heavy atom. The summed E-state index contributed by atoms with van der Waals surface area (Å²) in [4.78, 5) is 0. The van der Waals surface area contributed by atoms with Crippen LogP contribution in [0.2, 0.25) is 0 Å². The molecule has 1 aliphatic rings. The van der Waals surface area contributed by atoms with Gasteiger partial charge in [-0.2, -0.15) is 0 Å². The predicted octanol–water partition coefficient (Wildman–Crippen LogP) is 1.33. The zero-order valence-corrected chi connectivity index (χ0v) is 7.55. The number of rotatable bonds is 3. The molecule has 1 heterocycles. The van der Waals surface area contributed by atoms with Gasteiger partial charge in [0.15, 0.2) is 0 Å². The van der Waals surface area contributed by atoms with E-state index in [2.05, 4.69) is 11.8 Å². The maximum atomic E-state index is 9.46. The summed E-state index contributed by atoms with van der Waals surface area (Å²) in [5.41, 5.74) is 0. The van der Waals surface area contributed by atoms with E-state index < -0.39 is 0 Å². The van der Waals surface area contributed by atoms with E-state index in [9.17, 15) is 5.11 Å². The van der Waals surface area contributed by atoms with Crippen molar-refractivity contribution in [2.75, 3.05) is 6.61 Å². The van der Waals surface area contributed by atoms with E-state index in [4.69, 9.17) is 4.74 Å². The van der Waals surface area contributed by atoms with Crippen LogP contribution in [0.15, 0.2) is 0 Å². The summed E-state index contributed by atoms with van der Waals surface area (Å²) >= 11 is 0. The molecule has 0 saturated carbocycles. The minimum atomic E-state index is -0.305. The molecule has 0 bridgehead atoms. The molecule has 1 rings (SSSR count). The third-order valence-electron chi connectivity index (χ3n) is 2.07. The molecule has 1 N–H and O–H groups in total. The normalized spacial score (nSPS) is 24.7. The van der Waals surface area contributed by atoms with Gasteiger partial charge in [0, 0.05) is 19.4 Å². The molecule has 0 aromatic rings. The lowest BCUT2D eigenvalue weighted by Gasteiger charge is -2.12. The van der Waals surface area contributed by atoms with Gasteiger partial charge in [-0.1, -0.05) is 0 Å². The van der Waals surface area contributed by atoms with Crippen LogP contribution in [0.4, 0.5) is 0 Å². The first kappa shape index (κ1) is 9.57. The Hall–Kier alpha value is -0.520. The Morgan fingerprint density at radius 1 is 1.67 bits per heavy atom. The van der Waals surface area contributed by atoms with Crippen LogP contribution in [-0.4, -0.2) is 23.9 Å². The highest BCUT2D eigenvalue weighted by molar-refractivity contribution is 4.96. The summed E-state index contributed by atoms with van der Waals surface area (Å²) in [7, 11) is 0. The van der Waals surface area contributed by atoms with Crippen molar-refractivity contribution >= 4 is 0 Å². The van der Waals surface area contributed by atoms with E-state index in [0.29, 0.717) is 6.42 Å². The van der Waals surface area contributed by atoms with Gasteiger partial charge < -0.3 is 9.84 Å². The highest BCUT2D eigenvalue weighted by Crippen LogP contribution is 2.17. The van der Waals surface area contributed by atoms with Gasteiger partial charge in [0.2, 0.25) is 0 Å². The van der Waals surface area contributed by atoms with Gasteiger partial charge in [0.05, 0.1) is 12.2 Å². The molecule has 0 aliphatic carbocycles. The topological polar surface area (TPSA) is 29.5 Å². The second-order valence-electron chi connectivity index (χ2n) is 3.16. The van der Waals surface area contributed by atoms with Crippen molar-refractivity contribution in [3.8, 4) is 11.8 Å². The molecule has 0 amide bonds. The molecule has 68 valence electrons. The summed E-state index contributed by atoms with van der Waals surface area (Å²) in [5.74, 6) is 5.64. The third-order valence-corrected chi connectivity index (χ3v) is 2.07. The summed E-state index contributed by atoms with van der Waals surface area (Å²) in [6.07, 6.45) is 3.53. The molecule has 2 heteroatoms. The molecule has 2 atom stereocenters. The maximum Gasteiger partial charge on any atom is 0.0674 e. The molecule has 1 fully saturated rings. The zero-order chi connectivity index (χ0) is 8.81. The van der Waals surface area contributed by atoms with Crippen LogP contribution in [-0.2, 0) is 4.74 Å². The van der Waals surface area contributed by atoms with E-state index in [1.54, 1.807) is 6.92 Å². The molecular formula is C10H16O2. The number of aliphatic hydroxyl groups excluding tert-OH is 1. The van der Waals surface area contributed by atoms with E-state index in [0.717, 1.165) is 25.9 Å². The lowest BCUT2D eigenvalue weighted by atomic mass is 10.1. The van der Waals surface area contributed by atoms with Gasteiger partial charge in [-0.05, 0) is 19.8 Å². The molecule has 2 unspecified atom stereocenters. The quantitative estimate of drug-likeness (QED) is 0.644. The molecule has 0 aromatic heterocycles. The lowest BCUT2D eigenvalue weighted by molar-refractivity contribution is 0.0558. The SMILES string of the molecule is CC#CCC(O)CC1CCCO1. The van der Waals surface area contributed by atoms with Crippen LogP contribution in [0.5, 0.6) is 0 Å². The standard InChI is InChI=1S/C10H16O2/c1-2-3-5-9(11)8-10-6-4-7-12-10/h9-11H,4-8H2,1H3. The summed E-state index contributed by atoms with van der Waals surface area (Å²) in [5, 5.41) is 9.46. The average Bonchev–Trinajstić information content (AvgIpc) is 2.53. The minimum Gasteiger partial charge on any atom is -0.392 e. The molecule has 0 spiro atoms. The molecule has 0 aromatic carbocycles. The van der Waals surface area contributed by atoms with Gasteiger partial charge >= 0.3 is 0 Å². The Balaban J connectivity index is 2.14. The van der Waals surface area contributed by atoms with E-state index in [-0.39, 0.29) is 12.2 Å². The third kappa shape index (κ3) is 3.25. The van der Waals surface area contributed by atoms with E-state index in [1.165, 1.54) is 0 Å². The smallest absolute Gasteiger partial charge is 0.0674 e. The summed E-state index contributed by atoms with van der Waals surface area (Å²) in [6.45, 7) is 2.65. The first-order valence-corrected chi connectivity index (χ1v) is 4.52. The molecule has 1 aliphatic heterocycles. The van der Waals surface area contributed by atoms with Crippen LogP contribution >= 0.6 is 0 Å². The number of aliphatic hydroxyl groups is 1. The van der Waals surface area contributed by atoms with Crippen molar-refractivity contribution in [2.45, 2.75) is 44.8 Å². The highest BCUT2D eigenvalue weighted by Gasteiger charge is 2.18. The fourth-order valence-electron chi connectivity index (χ4n) is 1.44. The van der Waals surface area contributed by atoms with Crippen LogP contribution in [0, 0.1) is 11.8 Å². The first-order valence-electron chi connectivity index (χ1n) is 4.52. The van der Waals surface area contributed by atoms with Crippen molar-refractivity contribution in [1.29, 1.82) is 0 Å². The van der Waals surface area contributed by atoms with Crippen molar-refractivity contribution < 1.29 is 9.84 Å². The fourth-order valence-corrected chi connectivity index (χ4v) is 1.44. The Kier molecular flexibility index (Phi) is 4.13. The summed E-state index contributed by atoms with van der Waals surface area (Å²) in [6, 6.07) is 0. The Bertz CT molecular complexity index is 172. The van der Waals surface area contributed by atoms with Crippen molar-refractivity contribution in [3.05, 3.63) is 0 Å².